The first-order chi connectivity index (χ1) is 13.5. The van der Waals surface area contributed by atoms with Crippen LogP contribution in [0.3, 0.4) is 0 Å². The van der Waals surface area contributed by atoms with Gasteiger partial charge in [-0.1, -0.05) is 24.3 Å². The van der Waals surface area contributed by atoms with Crippen LogP contribution >= 0.6 is 0 Å². The monoisotopic (exact) mass is 383 g/mol. The zero-order chi connectivity index (χ0) is 19.9. The Balaban J connectivity index is 1.53. The zero-order valence-corrected chi connectivity index (χ0v) is 17.0. The molecule has 28 heavy (non-hydrogen) atoms. The Hall–Kier alpha value is -2.60. The molecule has 1 saturated heterocycles. The van der Waals surface area contributed by atoms with Crippen molar-refractivity contribution in [1.82, 2.24) is 15.1 Å². The summed E-state index contributed by atoms with van der Waals surface area (Å²) in [7, 11) is 5.99. The maximum absolute atomic E-state index is 13.1. The number of anilines is 1. The Bertz CT molecular complexity index is 780. The van der Waals surface area contributed by atoms with E-state index in [9.17, 15) is 4.39 Å². The van der Waals surface area contributed by atoms with Gasteiger partial charge in [0.2, 0.25) is 0 Å². The minimum Gasteiger partial charge on any atom is -0.368 e. The van der Waals surface area contributed by atoms with Gasteiger partial charge >= 0.3 is 0 Å². The molecule has 0 saturated carbocycles. The molecule has 0 aromatic heterocycles. The minimum absolute atomic E-state index is 0.193. The van der Waals surface area contributed by atoms with Gasteiger partial charge < -0.3 is 20.0 Å². The van der Waals surface area contributed by atoms with E-state index in [4.69, 9.17) is 0 Å². The first kappa shape index (κ1) is 20.1. The average molecular weight is 384 g/mol. The van der Waals surface area contributed by atoms with Crippen molar-refractivity contribution in [3.05, 3.63) is 65.5 Å². The van der Waals surface area contributed by atoms with Gasteiger partial charge in [0, 0.05) is 52.0 Å². The molecule has 1 heterocycles. The number of guanidine groups is 1. The molecule has 0 bridgehead atoms. The third kappa shape index (κ3) is 5.45. The predicted octanol–water partition coefficient (Wildman–Crippen LogP) is 2.78. The van der Waals surface area contributed by atoms with Crippen molar-refractivity contribution in [1.29, 1.82) is 0 Å². The van der Waals surface area contributed by atoms with Crippen LogP contribution in [0.1, 0.15) is 11.1 Å². The topological polar surface area (TPSA) is 34.1 Å². The Morgan fingerprint density at radius 3 is 2.36 bits per heavy atom. The molecule has 0 aliphatic carbocycles. The number of benzene rings is 2. The molecule has 1 aliphatic rings. The zero-order valence-electron chi connectivity index (χ0n) is 17.0. The number of halogens is 1. The van der Waals surface area contributed by atoms with Crippen LogP contribution in [0.5, 0.6) is 0 Å². The molecule has 0 radical (unpaired) electrons. The number of hydrogen-bond donors (Lipinski definition) is 1. The van der Waals surface area contributed by atoms with Gasteiger partial charge in [0.15, 0.2) is 5.96 Å². The first-order valence-electron chi connectivity index (χ1n) is 9.74. The summed E-state index contributed by atoms with van der Waals surface area (Å²) in [6, 6.07) is 15.4. The van der Waals surface area contributed by atoms with Gasteiger partial charge in [-0.3, -0.25) is 4.99 Å². The van der Waals surface area contributed by atoms with Crippen molar-refractivity contribution in [2.45, 2.75) is 13.1 Å². The number of hydrogen-bond acceptors (Lipinski definition) is 3. The molecule has 6 heteroatoms. The van der Waals surface area contributed by atoms with E-state index in [2.05, 4.69) is 63.4 Å². The number of aliphatic imine (C=N–C) groups is 1. The highest BCUT2D eigenvalue weighted by molar-refractivity contribution is 5.80. The van der Waals surface area contributed by atoms with E-state index in [0.29, 0.717) is 0 Å². The molecule has 1 aliphatic heterocycles. The molecular formula is C22H30FN5. The lowest BCUT2D eigenvalue weighted by Gasteiger charge is -2.37. The average Bonchev–Trinajstić information content (AvgIpc) is 2.69. The van der Waals surface area contributed by atoms with Gasteiger partial charge in [-0.15, -0.1) is 0 Å². The minimum atomic E-state index is -0.193. The predicted molar refractivity (Wildman–Crippen MR) is 114 cm³/mol. The van der Waals surface area contributed by atoms with Gasteiger partial charge in [-0.05, 0) is 49.5 Å². The summed E-state index contributed by atoms with van der Waals surface area (Å²) in [6.07, 6.45) is 0. The molecule has 1 fully saturated rings. The van der Waals surface area contributed by atoms with Crippen molar-refractivity contribution in [2.75, 3.05) is 52.2 Å². The van der Waals surface area contributed by atoms with Crippen molar-refractivity contribution in [3.8, 4) is 0 Å². The quantitative estimate of drug-likeness (QED) is 0.636. The van der Waals surface area contributed by atoms with Crippen molar-refractivity contribution in [3.63, 3.8) is 0 Å². The van der Waals surface area contributed by atoms with Crippen LogP contribution in [0.15, 0.2) is 53.5 Å². The van der Waals surface area contributed by atoms with E-state index in [1.807, 2.05) is 19.2 Å². The fourth-order valence-corrected chi connectivity index (χ4v) is 3.54. The summed E-state index contributed by atoms with van der Waals surface area (Å²) in [6.45, 7) is 5.25. The molecule has 0 unspecified atom stereocenters. The molecule has 150 valence electrons. The van der Waals surface area contributed by atoms with Crippen LogP contribution in [0.2, 0.25) is 0 Å². The van der Waals surface area contributed by atoms with E-state index in [0.717, 1.165) is 50.9 Å². The smallest absolute Gasteiger partial charge is 0.194 e. The van der Waals surface area contributed by atoms with E-state index in [1.165, 1.54) is 23.3 Å². The van der Waals surface area contributed by atoms with Crippen LogP contribution in [0.4, 0.5) is 10.1 Å². The third-order valence-electron chi connectivity index (χ3n) is 4.92. The van der Waals surface area contributed by atoms with E-state index < -0.39 is 0 Å². The van der Waals surface area contributed by atoms with Gasteiger partial charge in [0.05, 0.1) is 0 Å². The lowest BCUT2D eigenvalue weighted by Crippen LogP contribution is -2.52. The summed E-state index contributed by atoms with van der Waals surface area (Å²) in [5, 5.41) is 3.49. The molecule has 0 amide bonds. The van der Waals surface area contributed by atoms with Gasteiger partial charge in [-0.25, -0.2) is 4.39 Å². The molecule has 1 N–H and O–H groups in total. The van der Waals surface area contributed by atoms with Gasteiger partial charge in [0.1, 0.15) is 5.82 Å². The normalized spacial score (nSPS) is 15.2. The molecule has 0 atom stereocenters. The number of piperazine rings is 1. The Morgan fingerprint density at radius 1 is 1.04 bits per heavy atom. The SMILES string of the molecule is CN=C(NCc1cccc(CN(C)C)c1)N1CCN(c2ccc(F)cc2)CC1. The van der Waals surface area contributed by atoms with E-state index >= 15 is 0 Å². The molecule has 0 spiro atoms. The second-order valence-electron chi connectivity index (χ2n) is 7.41. The van der Waals surface area contributed by atoms with E-state index in [-0.39, 0.29) is 5.82 Å². The van der Waals surface area contributed by atoms with Crippen LogP contribution in [-0.2, 0) is 13.1 Å². The highest BCUT2D eigenvalue weighted by Gasteiger charge is 2.19. The van der Waals surface area contributed by atoms with Crippen molar-refractivity contribution >= 4 is 11.6 Å². The second-order valence-corrected chi connectivity index (χ2v) is 7.41. The Labute approximate surface area is 167 Å². The first-order valence-corrected chi connectivity index (χ1v) is 9.74. The summed E-state index contributed by atoms with van der Waals surface area (Å²) in [5.41, 5.74) is 3.64. The largest absolute Gasteiger partial charge is 0.368 e. The maximum Gasteiger partial charge on any atom is 0.194 e. The molecule has 2 aromatic carbocycles. The molecular weight excluding hydrogens is 353 g/mol. The van der Waals surface area contributed by atoms with Gasteiger partial charge in [0.25, 0.3) is 0 Å². The summed E-state index contributed by atoms with van der Waals surface area (Å²) in [5.74, 6) is 0.735. The van der Waals surface area contributed by atoms with Gasteiger partial charge in [-0.2, -0.15) is 0 Å². The standard InChI is InChI=1S/C22H30FN5/c1-24-22(25-16-18-5-4-6-19(15-18)17-26(2)3)28-13-11-27(12-14-28)21-9-7-20(23)8-10-21/h4-10,15H,11-14,16-17H2,1-3H3,(H,24,25). The number of nitrogens with one attached hydrogen (secondary N) is 1. The number of rotatable bonds is 5. The fourth-order valence-electron chi connectivity index (χ4n) is 3.54. The fraction of sp³-hybridized carbons (Fsp3) is 0.409. The molecule has 2 aromatic rings. The maximum atomic E-state index is 13.1. The second kappa shape index (κ2) is 9.55. The third-order valence-corrected chi connectivity index (χ3v) is 4.92. The molecule has 5 nitrogen and oxygen atoms in total. The Kier molecular flexibility index (Phi) is 6.87. The lowest BCUT2D eigenvalue weighted by atomic mass is 10.1. The lowest BCUT2D eigenvalue weighted by molar-refractivity contribution is 0.372. The van der Waals surface area contributed by atoms with Crippen LogP contribution in [0, 0.1) is 5.82 Å². The summed E-state index contributed by atoms with van der Waals surface area (Å²) in [4.78, 5) is 11.2. The highest BCUT2D eigenvalue weighted by Crippen LogP contribution is 2.17. The summed E-state index contributed by atoms with van der Waals surface area (Å²) >= 11 is 0. The van der Waals surface area contributed by atoms with E-state index in [1.54, 1.807) is 0 Å². The van der Waals surface area contributed by atoms with Crippen LogP contribution in [0.25, 0.3) is 0 Å². The highest BCUT2D eigenvalue weighted by atomic mass is 19.1. The van der Waals surface area contributed by atoms with Crippen molar-refractivity contribution < 1.29 is 4.39 Å². The van der Waals surface area contributed by atoms with Crippen LogP contribution in [-0.4, -0.2) is 63.1 Å². The van der Waals surface area contributed by atoms with Crippen LogP contribution < -0.4 is 10.2 Å². The van der Waals surface area contributed by atoms with Crippen molar-refractivity contribution in [2.24, 2.45) is 4.99 Å². The Morgan fingerprint density at radius 2 is 1.71 bits per heavy atom. The molecule has 3 rings (SSSR count). The number of nitrogens with zero attached hydrogens (tertiary/aromatic N) is 4. The summed E-state index contributed by atoms with van der Waals surface area (Å²) < 4.78 is 13.1.